The van der Waals surface area contributed by atoms with Crippen LogP contribution >= 0.6 is 11.6 Å². The molecule has 108 valence electrons. The first-order valence-electron chi connectivity index (χ1n) is 6.72. The molecule has 5 heteroatoms. The molecule has 0 saturated heterocycles. The Kier molecular flexibility index (Phi) is 3.71. The van der Waals surface area contributed by atoms with Gasteiger partial charge in [-0.15, -0.1) is 0 Å². The van der Waals surface area contributed by atoms with Gasteiger partial charge in [-0.3, -0.25) is 0 Å². The summed E-state index contributed by atoms with van der Waals surface area (Å²) in [5.41, 5.74) is 9.04. The number of methoxy groups -OCH3 is 1. The number of halogens is 1. The van der Waals surface area contributed by atoms with Crippen molar-refractivity contribution < 1.29 is 4.74 Å². The maximum atomic E-state index is 6.04. The lowest BCUT2D eigenvalue weighted by atomic mass is 10.1. The van der Waals surface area contributed by atoms with E-state index in [-0.39, 0.29) is 0 Å². The van der Waals surface area contributed by atoms with E-state index in [0.29, 0.717) is 5.95 Å². The molecule has 2 N–H and O–H groups in total. The molecule has 21 heavy (non-hydrogen) atoms. The van der Waals surface area contributed by atoms with Gasteiger partial charge in [-0.1, -0.05) is 29.8 Å². The topological polar surface area (TPSA) is 53.1 Å². The second-order valence-corrected chi connectivity index (χ2v) is 5.26. The number of hydrogen-bond donors (Lipinski definition) is 1. The number of rotatable bonds is 4. The average Bonchev–Trinajstić information content (AvgIpc) is 2.82. The smallest absolute Gasteiger partial charge is 0.201 e. The highest BCUT2D eigenvalue weighted by Crippen LogP contribution is 2.27. The number of nitrogen functional groups attached to an aromatic ring is 1. The Bertz CT molecular complexity index is 765. The van der Waals surface area contributed by atoms with Gasteiger partial charge < -0.3 is 15.0 Å². The Labute approximate surface area is 128 Å². The number of para-hydroxylation sites is 1. The quantitative estimate of drug-likeness (QED) is 0.802. The number of aromatic nitrogens is 2. The predicted molar refractivity (Wildman–Crippen MR) is 85.9 cm³/mol. The number of anilines is 1. The van der Waals surface area contributed by atoms with Gasteiger partial charge in [-0.05, 0) is 36.2 Å². The van der Waals surface area contributed by atoms with Gasteiger partial charge in [0.15, 0.2) is 0 Å². The largest absolute Gasteiger partial charge is 0.494 e. The van der Waals surface area contributed by atoms with Gasteiger partial charge in [0.05, 0.1) is 12.6 Å². The van der Waals surface area contributed by atoms with Gasteiger partial charge in [0.1, 0.15) is 11.3 Å². The van der Waals surface area contributed by atoms with Crippen LogP contribution < -0.4 is 10.5 Å². The maximum absolute atomic E-state index is 6.04. The van der Waals surface area contributed by atoms with E-state index in [9.17, 15) is 0 Å². The van der Waals surface area contributed by atoms with Crippen LogP contribution in [0.2, 0.25) is 5.02 Å². The van der Waals surface area contributed by atoms with Crippen LogP contribution in [0.4, 0.5) is 5.95 Å². The molecule has 1 heterocycles. The van der Waals surface area contributed by atoms with E-state index in [0.717, 1.165) is 34.8 Å². The lowest BCUT2D eigenvalue weighted by Crippen LogP contribution is -2.05. The second kappa shape index (κ2) is 5.66. The Balaban J connectivity index is 1.90. The van der Waals surface area contributed by atoms with E-state index >= 15 is 0 Å². The fourth-order valence-electron chi connectivity index (χ4n) is 2.43. The summed E-state index contributed by atoms with van der Waals surface area (Å²) >= 11 is 5.90. The van der Waals surface area contributed by atoms with Crippen LogP contribution in [0.5, 0.6) is 5.75 Å². The fraction of sp³-hybridized carbons (Fsp3) is 0.188. The summed E-state index contributed by atoms with van der Waals surface area (Å²) in [6, 6.07) is 13.7. The summed E-state index contributed by atoms with van der Waals surface area (Å²) < 4.78 is 7.33. The first kappa shape index (κ1) is 13.8. The highest BCUT2D eigenvalue weighted by Gasteiger charge is 2.11. The van der Waals surface area contributed by atoms with Gasteiger partial charge in [0, 0.05) is 11.6 Å². The van der Waals surface area contributed by atoms with E-state index in [1.54, 1.807) is 7.11 Å². The minimum Gasteiger partial charge on any atom is -0.494 e. The minimum absolute atomic E-state index is 0.503. The highest BCUT2D eigenvalue weighted by molar-refractivity contribution is 6.30. The maximum Gasteiger partial charge on any atom is 0.201 e. The zero-order valence-electron chi connectivity index (χ0n) is 11.7. The third-order valence-corrected chi connectivity index (χ3v) is 3.78. The van der Waals surface area contributed by atoms with Crippen LogP contribution in [0.15, 0.2) is 42.5 Å². The van der Waals surface area contributed by atoms with Crippen LogP contribution in [-0.4, -0.2) is 16.7 Å². The molecule has 2 aromatic carbocycles. The first-order chi connectivity index (χ1) is 10.2. The standard InChI is InChI=1S/C16H16ClN3O/c1-21-14-4-2-3-13-15(14)19-16(18)20(13)10-9-11-5-7-12(17)8-6-11/h2-8H,9-10H2,1H3,(H2,18,19). The van der Waals surface area contributed by atoms with Gasteiger partial charge in [-0.25, -0.2) is 4.98 Å². The van der Waals surface area contributed by atoms with Crippen molar-refractivity contribution in [2.75, 3.05) is 12.8 Å². The zero-order valence-corrected chi connectivity index (χ0v) is 12.5. The molecule has 0 radical (unpaired) electrons. The van der Waals surface area contributed by atoms with Crippen molar-refractivity contribution in [1.82, 2.24) is 9.55 Å². The van der Waals surface area contributed by atoms with E-state index in [1.165, 1.54) is 5.56 Å². The number of benzene rings is 2. The predicted octanol–water partition coefficient (Wildman–Crippen LogP) is 3.52. The van der Waals surface area contributed by atoms with Gasteiger partial charge in [-0.2, -0.15) is 0 Å². The molecule has 4 nitrogen and oxygen atoms in total. The summed E-state index contributed by atoms with van der Waals surface area (Å²) in [6.07, 6.45) is 0.865. The number of ether oxygens (including phenoxy) is 1. The number of fused-ring (bicyclic) bond motifs is 1. The van der Waals surface area contributed by atoms with Crippen LogP contribution in [0.3, 0.4) is 0 Å². The third kappa shape index (κ3) is 2.67. The summed E-state index contributed by atoms with van der Waals surface area (Å²) in [6.45, 7) is 0.761. The minimum atomic E-state index is 0.503. The molecule has 0 unspecified atom stereocenters. The van der Waals surface area contributed by atoms with Crippen molar-refractivity contribution >= 4 is 28.6 Å². The molecular weight excluding hydrogens is 286 g/mol. The summed E-state index contributed by atoms with van der Waals surface area (Å²) in [5.74, 6) is 1.24. The van der Waals surface area contributed by atoms with Crippen LogP contribution in [0, 0.1) is 0 Å². The Morgan fingerprint density at radius 3 is 2.67 bits per heavy atom. The molecule has 0 aliphatic carbocycles. The number of nitrogens with two attached hydrogens (primary N) is 1. The molecular formula is C16H16ClN3O. The van der Waals surface area contributed by atoms with Crippen LogP contribution in [-0.2, 0) is 13.0 Å². The van der Waals surface area contributed by atoms with Crippen molar-refractivity contribution in [3.8, 4) is 5.75 Å². The first-order valence-corrected chi connectivity index (χ1v) is 7.10. The summed E-state index contributed by atoms with van der Waals surface area (Å²) in [5, 5.41) is 0.746. The fourth-order valence-corrected chi connectivity index (χ4v) is 2.56. The van der Waals surface area contributed by atoms with Gasteiger partial charge >= 0.3 is 0 Å². The number of nitrogens with zero attached hydrogens (tertiary/aromatic N) is 2. The molecule has 0 amide bonds. The van der Waals surface area contributed by atoms with Crippen LogP contribution in [0.25, 0.3) is 11.0 Å². The molecule has 0 aliphatic rings. The molecule has 1 aromatic heterocycles. The number of imidazole rings is 1. The Morgan fingerprint density at radius 2 is 1.95 bits per heavy atom. The zero-order chi connectivity index (χ0) is 14.8. The summed E-state index contributed by atoms with van der Waals surface area (Å²) in [4.78, 5) is 4.40. The monoisotopic (exact) mass is 301 g/mol. The van der Waals surface area contributed by atoms with E-state index in [4.69, 9.17) is 22.1 Å². The molecule has 0 aliphatic heterocycles. The highest BCUT2D eigenvalue weighted by atomic mass is 35.5. The average molecular weight is 302 g/mol. The van der Waals surface area contributed by atoms with Gasteiger partial charge in [0.25, 0.3) is 0 Å². The van der Waals surface area contributed by atoms with Gasteiger partial charge in [0.2, 0.25) is 5.95 Å². The molecule has 0 bridgehead atoms. The van der Waals surface area contributed by atoms with Crippen molar-refractivity contribution in [3.05, 3.63) is 53.1 Å². The molecule has 3 rings (SSSR count). The normalized spacial score (nSPS) is 11.0. The van der Waals surface area contributed by atoms with E-state index in [1.807, 2.05) is 47.0 Å². The van der Waals surface area contributed by atoms with Crippen molar-refractivity contribution in [2.24, 2.45) is 0 Å². The lowest BCUT2D eigenvalue weighted by Gasteiger charge is -2.07. The second-order valence-electron chi connectivity index (χ2n) is 4.83. The van der Waals surface area contributed by atoms with Crippen molar-refractivity contribution in [3.63, 3.8) is 0 Å². The SMILES string of the molecule is COc1cccc2c1nc(N)n2CCc1ccc(Cl)cc1. The number of aryl methyl sites for hydroxylation is 2. The van der Waals surface area contributed by atoms with E-state index in [2.05, 4.69) is 4.98 Å². The molecule has 0 atom stereocenters. The molecule has 3 aromatic rings. The molecule has 0 spiro atoms. The summed E-state index contributed by atoms with van der Waals surface area (Å²) in [7, 11) is 1.64. The lowest BCUT2D eigenvalue weighted by molar-refractivity contribution is 0.419. The van der Waals surface area contributed by atoms with Crippen molar-refractivity contribution in [1.29, 1.82) is 0 Å². The Hall–Kier alpha value is -2.20. The molecule has 0 fully saturated rings. The Morgan fingerprint density at radius 1 is 1.19 bits per heavy atom. The molecule has 0 saturated carbocycles. The number of hydrogen-bond acceptors (Lipinski definition) is 3. The van der Waals surface area contributed by atoms with Crippen LogP contribution in [0.1, 0.15) is 5.56 Å². The van der Waals surface area contributed by atoms with E-state index < -0.39 is 0 Å². The van der Waals surface area contributed by atoms with Crippen molar-refractivity contribution in [2.45, 2.75) is 13.0 Å². The third-order valence-electron chi connectivity index (χ3n) is 3.53.